The highest BCUT2D eigenvalue weighted by Gasteiger charge is 2.34. The van der Waals surface area contributed by atoms with Gasteiger partial charge in [-0.25, -0.2) is 4.39 Å². The van der Waals surface area contributed by atoms with Gasteiger partial charge in [0.05, 0.1) is 5.56 Å². The second kappa shape index (κ2) is 5.99. The van der Waals surface area contributed by atoms with Gasteiger partial charge in [0, 0.05) is 18.3 Å². The molecule has 112 valence electrons. The van der Waals surface area contributed by atoms with Gasteiger partial charge >= 0.3 is 6.18 Å². The maximum absolute atomic E-state index is 13.2. The first-order valence-electron chi connectivity index (χ1n) is 6.69. The van der Waals surface area contributed by atoms with Crippen LogP contribution in [0.5, 0.6) is 0 Å². The summed E-state index contributed by atoms with van der Waals surface area (Å²) in [5.74, 6) is -1.24. The van der Waals surface area contributed by atoms with E-state index in [0.717, 1.165) is 37.9 Å². The van der Waals surface area contributed by atoms with Crippen molar-refractivity contribution in [2.75, 3.05) is 25.5 Å². The van der Waals surface area contributed by atoms with Crippen molar-refractivity contribution in [1.82, 2.24) is 4.90 Å². The smallest absolute Gasteiger partial charge is 0.383 e. The number of benzene rings is 1. The fourth-order valence-electron chi connectivity index (χ4n) is 2.49. The Bertz CT molecular complexity index is 459. The molecule has 0 aromatic heterocycles. The summed E-state index contributed by atoms with van der Waals surface area (Å²) in [7, 11) is 2.01. The average molecular weight is 290 g/mol. The lowest BCUT2D eigenvalue weighted by Crippen LogP contribution is -2.40. The van der Waals surface area contributed by atoms with Crippen LogP contribution in [-0.2, 0) is 6.18 Å². The number of alkyl halides is 3. The Hall–Kier alpha value is -1.30. The zero-order valence-electron chi connectivity index (χ0n) is 11.3. The molecule has 1 aliphatic rings. The molecule has 0 spiro atoms. The van der Waals surface area contributed by atoms with Crippen LogP contribution in [-0.4, -0.2) is 31.1 Å². The van der Waals surface area contributed by atoms with Crippen LogP contribution in [0.1, 0.15) is 24.8 Å². The number of likely N-dealkylation sites (tertiary alicyclic amines) is 1. The Morgan fingerprint density at radius 2 is 2.05 bits per heavy atom. The van der Waals surface area contributed by atoms with E-state index in [0.29, 0.717) is 18.3 Å². The minimum Gasteiger partial charge on any atom is -0.383 e. The van der Waals surface area contributed by atoms with Crippen molar-refractivity contribution in [2.45, 2.75) is 31.5 Å². The maximum atomic E-state index is 13.2. The van der Waals surface area contributed by atoms with E-state index in [4.69, 9.17) is 0 Å². The second-order valence-electron chi connectivity index (χ2n) is 5.20. The first kappa shape index (κ1) is 15.1. The number of hydrogen-bond donors (Lipinski definition) is 1. The van der Waals surface area contributed by atoms with Crippen LogP contribution < -0.4 is 5.32 Å². The van der Waals surface area contributed by atoms with Crippen LogP contribution in [0.25, 0.3) is 0 Å². The first-order valence-corrected chi connectivity index (χ1v) is 6.69. The summed E-state index contributed by atoms with van der Waals surface area (Å²) < 4.78 is 51.0. The van der Waals surface area contributed by atoms with Crippen molar-refractivity contribution in [1.29, 1.82) is 0 Å². The SMILES string of the molecule is CN1CCCCC1CNc1ccc(F)c(C(F)(F)F)c1. The van der Waals surface area contributed by atoms with Crippen molar-refractivity contribution in [3.8, 4) is 0 Å². The van der Waals surface area contributed by atoms with E-state index in [-0.39, 0.29) is 0 Å². The molecule has 1 atom stereocenters. The summed E-state index contributed by atoms with van der Waals surface area (Å²) >= 11 is 0. The quantitative estimate of drug-likeness (QED) is 0.853. The lowest BCUT2D eigenvalue weighted by atomic mass is 10.0. The van der Waals surface area contributed by atoms with Crippen molar-refractivity contribution >= 4 is 5.69 Å². The fourth-order valence-corrected chi connectivity index (χ4v) is 2.49. The van der Waals surface area contributed by atoms with Gasteiger partial charge < -0.3 is 10.2 Å². The molecule has 6 heteroatoms. The van der Waals surface area contributed by atoms with Gasteiger partial charge in [-0.05, 0) is 44.6 Å². The van der Waals surface area contributed by atoms with E-state index in [9.17, 15) is 17.6 Å². The summed E-state index contributed by atoms with van der Waals surface area (Å²) in [4.78, 5) is 2.20. The highest BCUT2D eigenvalue weighted by atomic mass is 19.4. The number of halogens is 4. The lowest BCUT2D eigenvalue weighted by molar-refractivity contribution is -0.139. The van der Waals surface area contributed by atoms with Gasteiger partial charge in [-0.15, -0.1) is 0 Å². The van der Waals surface area contributed by atoms with Gasteiger partial charge in [0.15, 0.2) is 0 Å². The predicted octanol–water partition coefficient (Wildman–Crippen LogP) is 3.74. The number of hydrogen-bond acceptors (Lipinski definition) is 2. The molecule has 1 fully saturated rings. The minimum absolute atomic E-state index is 0.303. The standard InChI is InChI=1S/C14H18F4N2/c1-20-7-3-2-4-11(20)9-19-10-5-6-13(15)12(8-10)14(16,17)18/h5-6,8,11,19H,2-4,7,9H2,1H3. The van der Waals surface area contributed by atoms with Gasteiger partial charge in [-0.2, -0.15) is 13.2 Å². The number of rotatable bonds is 3. The van der Waals surface area contributed by atoms with Gasteiger partial charge in [-0.3, -0.25) is 0 Å². The molecular weight excluding hydrogens is 272 g/mol. The molecule has 0 aliphatic carbocycles. The topological polar surface area (TPSA) is 15.3 Å². The van der Waals surface area contributed by atoms with E-state index in [1.165, 1.54) is 6.07 Å². The Kier molecular flexibility index (Phi) is 4.52. The molecule has 20 heavy (non-hydrogen) atoms. The third-order valence-corrected chi connectivity index (χ3v) is 3.74. The van der Waals surface area contributed by atoms with E-state index in [2.05, 4.69) is 10.2 Å². The van der Waals surface area contributed by atoms with E-state index >= 15 is 0 Å². The Morgan fingerprint density at radius 1 is 1.30 bits per heavy atom. The van der Waals surface area contributed by atoms with E-state index in [1.807, 2.05) is 7.05 Å². The maximum Gasteiger partial charge on any atom is 0.419 e. The number of nitrogens with zero attached hydrogens (tertiary/aromatic N) is 1. The molecule has 0 bridgehead atoms. The van der Waals surface area contributed by atoms with Crippen LogP contribution in [0, 0.1) is 5.82 Å². The molecule has 1 unspecified atom stereocenters. The molecule has 1 aromatic rings. The second-order valence-corrected chi connectivity index (χ2v) is 5.20. The van der Waals surface area contributed by atoms with Crippen LogP contribution in [0.4, 0.5) is 23.2 Å². The molecule has 2 nitrogen and oxygen atoms in total. The van der Waals surface area contributed by atoms with Gasteiger partial charge in [-0.1, -0.05) is 6.42 Å². The molecule has 0 amide bonds. The van der Waals surface area contributed by atoms with Gasteiger partial charge in [0.25, 0.3) is 0 Å². The summed E-state index contributed by atoms with van der Waals surface area (Å²) in [6.45, 7) is 1.57. The monoisotopic (exact) mass is 290 g/mol. The van der Waals surface area contributed by atoms with Gasteiger partial charge in [0.1, 0.15) is 5.82 Å². The largest absolute Gasteiger partial charge is 0.419 e. The molecule has 2 rings (SSSR count). The third-order valence-electron chi connectivity index (χ3n) is 3.74. The molecule has 1 heterocycles. The first-order chi connectivity index (χ1) is 9.38. The normalized spacial score (nSPS) is 20.9. The summed E-state index contributed by atoms with van der Waals surface area (Å²) in [5, 5.41) is 2.98. The number of piperidine rings is 1. The van der Waals surface area contributed by atoms with E-state index < -0.39 is 17.6 Å². The predicted molar refractivity (Wildman–Crippen MR) is 70.2 cm³/mol. The van der Waals surface area contributed by atoms with Crippen LogP contribution in [0.15, 0.2) is 18.2 Å². The van der Waals surface area contributed by atoms with Crippen molar-refractivity contribution < 1.29 is 17.6 Å². The fraction of sp³-hybridized carbons (Fsp3) is 0.571. The van der Waals surface area contributed by atoms with Crippen molar-refractivity contribution in [3.05, 3.63) is 29.6 Å². The summed E-state index contributed by atoms with van der Waals surface area (Å²) in [6.07, 6.45) is -1.35. The number of anilines is 1. The Morgan fingerprint density at radius 3 is 2.70 bits per heavy atom. The Balaban J connectivity index is 2.03. The van der Waals surface area contributed by atoms with E-state index in [1.54, 1.807) is 0 Å². The lowest BCUT2D eigenvalue weighted by Gasteiger charge is -2.32. The molecule has 1 N–H and O–H groups in total. The number of nitrogens with one attached hydrogen (secondary N) is 1. The Labute approximate surface area is 115 Å². The molecule has 1 aromatic carbocycles. The highest BCUT2D eigenvalue weighted by molar-refractivity contribution is 5.47. The van der Waals surface area contributed by atoms with Gasteiger partial charge in [0.2, 0.25) is 0 Å². The van der Waals surface area contributed by atoms with Crippen LogP contribution in [0.3, 0.4) is 0 Å². The van der Waals surface area contributed by atoms with Crippen molar-refractivity contribution in [2.24, 2.45) is 0 Å². The summed E-state index contributed by atoms with van der Waals surface area (Å²) in [5.41, 5.74) is -0.919. The zero-order chi connectivity index (χ0) is 14.8. The van der Waals surface area contributed by atoms with Crippen LogP contribution >= 0.6 is 0 Å². The molecule has 0 radical (unpaired) electrons. The third kappa shape index (κ3) is 3.62. The minimum atomic E-state index is -4.66. The highest BCUT2D eigenvalue weighted by Crippen LogP contribution is 2.33. The van der Waals surface area contributed by atoms with Crippen molar-refractivity contribution in [3.63, 3.8) is 0 Å². The average Bonchev–Trinajstić information content (AvgIpc) is 2.38. The number of likely N-dealkylation sites (N-methyl/N-ethyl adjacent to an activating group) is 1. The molecule has 0 saturated carbocycles. The summed E-state index contributed by atoms with van der Waals surface area (Å²) in [6, 6.07) is 3.34. The molecular formula is C14H18F4N2. The van der Waals surface area contributed by atoms with Crippen LogP contribution in [0.2, 0.25) is 0 Å². The molecule has 1 saturated heterocycles. The zero-order valence-corrected chi connectivity index (χ0v) is 11.3. The molecule has 1 aliphatic heterocycles.